The fourth-order valence-electron chi connectivity index (χ4n) is 5.29. The van der Waals surface area contributed by atoms with Crippen LogP contribution >= 0.6 is 0 Å². The van der Waals surface area contributed by atoms with Gasteiger partial charge in [-0.2, -0.15) is 0 Å². The fourth-order valence-corrected chi connectivity index (χ4v) is 5.29. The van der Waals surface area contributed by atoms with Crippen molar-refractivity contribution in [3.8, 4) is 5.75 Å². The van der Waals surface area contributed by atoms with Crippen molar-refractivity contribution in [3.05, 3.63) is 40.2 Å². The zero-order valence-electron chi connectivity index (χ0n) is 20.5. The van der Waals surface area contributed by atoms with E-state index in [-0.39, 0.29) is 18.1 Å². The molecule has 0 unspecified atom stereocenters. The first-order valence-corrected chi connectivity index (χ1v) is 13.1. The van der Waals surface area contributed by atoms with Crippen LogP contribution in [0.3, 0.4) is 0 Å². The molecule has 7 nitrogen and oxygen atoms in total. The summed E-state index contributed by atoms with van der Waals surface area (Å²) in [6.45, 7) is 10.9. The number of piperazine rings is 1. The van der Waals surface area contributed by atoms with Crippen LogP contribution in [0.5, 0.6) is 5.75 Å². The summed E-state index contributed by atoms with van der Waals surface area (Å²) in [5.74, 6) is 1.29. The number of likely N-dealkylation sites (tertiary alicyclic amines) is 1. The van der Waals surface area contributed by atoms with E-state index in [4.69, 9.17) is 4.74 Å². The Bertz CT molecular complexity index is 1060. The fraction of sp³-hybridized carbons (Fsp3) is 0.630. The summed E-state index contributed by atoms with van der Waals surface area (Å²) < 4.78 is 7.78. The molecule has 1 saturated carbocycles. The lowest BCUT2D eigenvalue weighted by molar-refractivity contribution is -0.135. The Hall–Kier alpha value is -2.38. The van der Waals surface area contributed by atoms with Crippen LogP contribution < -0.4 is 10.3 Å². The van der Waals surface area contributed by atoms with Crippen molar-refractivity contribution in [3.63, 3.8) is 0 Å². The highest BCUT2D eigenvalue weighted by Crippen LogP contribution is 2.32. The van der Waals surface area contributed by atoms with Crippen LogP contribution in [0.2, 0.25) is 0 Å². The van der Waals surface area contributed by atoms with Crippen LogP contribution in [0.4, 0.5) is 0 Å². The summed E-state index contributed by atoms with van der Waals surface area (Å²) in [6.07, 6.45) is 6.42. The van der Waals surface area contributed by atoms with Gasteiger partial charge in [0.15, 0.2) is 6.61 Å². The predicted molar refractivity (Wildman–Crippen MR) is 134 cm³/mol. The summed E-state index contributed by atoms with van der Waals surface area (Å²) >= 11 is 0. The highest BCUT2D eigenvalue weighted by molar-refractivity contribution is 5.84. The third kappa shape index (κ3) is 5.63. The van der Waals surface area contributed by atoms with Crippen molar-refractivity contribution in [2.75, 3.05) is 59.0 Å². The summed E-state index contributed by atoms with van der Waals surface area (Å²) in [6, 6.07) is 7.57. The summed E-state index contributed by atoms with van der Waals surface area (Å²) in [7, 11) is 0. The zero-order valence-corrected chi connectivity index (χ0v) is 20.5. The number of hydrogen-bond acceptors (Lipinski definition) is 5. The first-order chi connectivity index (χ1) is 16.6. The molecule has 2 aliphatic heterocycles. The number of nitrogens with zero attached hydrogens (tertiary/aromatic N) is 4. The number of piperidine rings is 1. The lowest BCUT2D eigenvalue weighted by Crippen LogP contribution is -2.51. The van der Waals surface area contributed by atoms with E-state index in [1.807, 2.05) is 34.6 Å². The van der Waals surface area contributed by atoms with Crippen molar-refractivity contribution < 1.29 is 9.53 Å². The Morgan fingerprint density at radius 2 is 1.65 bits per heavy atom. The maximum atomic E-state index is 12.8. The van der Waals surface area contributed by atoms with Gasteiger partial charge in [0.1, 0.15) is 5.75 Å². The van der Waals surface area contributed by atoms with Crippen LogP contribution in [-0.2, 0) is 11.3 Å². The molecule has 3 fully saturated rings. The Balaban J connectivity index is 1.14. The third-order valence-corrected chi connectivity index (χ3v) is 7.70. The number of pyridine rings is 1. The molecule has 1 aliphatic carbocycles. The van der Waals surface area contributed by atoms with Gasteiger partial charge in [-0.05, 0) is 69.3 Å². The smallest absolute Gasteiger partial charge is 0.260 e. The number of fused-ring (bicyclic) bond motifs is 1. The first-order valence-electron chi connectivity index (χ1n) is 13.1. The van der Waals surface area contributed by atoms with E-state index < -0.39 is 0 Å². The van der Waals surface area contributed by atoms with Crippen molar-refractivity contribution in [1.29, 1.82) is 0 Å². The number of benzene rings is 1. The van der Waals surface area contributed by atoms with Crippen molar-refractivity contribution in [2.45, 2.75) is 45.6 Å². The van der Waals surface area contributed by atoms with Crippen molar-refractivity contribution in [2.24, 2.45) is 5.92 Å². The molecule has 7 heteroatoms. The van der Waals surface area contributed by atoms with Gasteiger partial charge in [0.2, 0.25) is 0 Å². The van der Waals surface area contributed by atoms with Crippen LogP contribution in [0.1, 0.15) is 37.7 Å². The van der Waals surface area contributed by atoms with E-state index in [9.17, 15) is 9.59 Å². The first kappa shape index (κ1) is 23.4. The van der Waals surface area contributed by atoms with Gasteiger partial charge >= 0.3 is 0 Å². The van der Waals surface area contributed by atoms with Gasteiger partial charge in [0.25, 0.3) is 11.5 Å². The number of carbonyl (C=O) groups excluding carboxylic acids is 1. The largest absolute Gasteiger partial charge is 0.484 e. The maximum absolute atomic E-state index is 12.8. The van der Waals surface area contributed by atoms with Crippen LogP contribution in [0.15, 0.2) is 29.1 Å². The van der Waals surface area contributed by atoms with E-state index in [2.05, 4.69) is 9.80 Å². The average molecular weight is 467 g/mol. The molecule has 184 valence electrons. The molecule has 2 saturated heterocycles. The number of aryl methyl sites for hydroxylation is 1. The van der Waals surface area contributed by atoms with Gasteiger partial charge in [-0.25, -0.2) is 0 Å². The van der Waals surface area contributed by atoms with Gasteiger partial charge in [-0.15, -0.1) is 0 Å². The minimum atomic E-state index is 0.0374. The number of rotatable bonds is 8. The lowest BCUT2D eigenvalue weighted by atomic mass is 10.1. The second kappa shape index (κ2) is 10.5. The number of carbonyl (C=O) groups is 1. The highest BCUT2D eigenvalue weighted by atomic mass is 16.5. The molecule has 2 aromatic rings. The van der Waals surface area contributed by atoms with Crippen LogP contribution in [0.25, 0.3) is 10.9 Å². The maximum Gasteiger partial charge on any atom is 0.260 e. The third-order valence-electron chi connectivity index (χ3n) is 7.70. The van der Waals surface area contributed by atoms with Crippen LogP contribution in [0, 0.1) is 12.8 Å². The normalized spacial score (nSPS) is 20.1. The van der Waals surface area contributed by atoms with Crippen molar-refractivity contribution in [1.82, 2.24) is 19.3 Å². The standard InChI is InChI=1S/C27H38N4O3/c1-21-17-26(32)31(19-22-5-6-22)25-18-23(7-8-24(21)25)34-20-27(33)30-15-13-29(14-16-30)12-11-28-9-3-2-4-10-28/h7-8,17-18,22H,2-6,9-16,19-20H2,1H3. The Labute approximate surface area is 202 Å². The highest BCUT2D eigenvalue weighted by Gasteiger charge is 2.24. The number of aromatic nitrogens is 1. The van der Waals surface area contributed by atoms with E-state index in [0.717, 1.165) is 62.3 Å². The molecule has 3 aliphatic rings. The second-order valence-electron chi connectivity index (χ2n) is 10.3. The number of hydrogen-bond donors (Lipinski definition) is 0. The summed E-state index contributed by atoms with van der Waals surface area (Å²) in [4.78, 5) is 32.4. The quantitative estimate of drug-likeness (QED) is 0.599. The molecule has 1 aromatic carbocycles. The van der Waals surface area contributed by atoms with Gasteiger partial charge in [0, 0.05) is 63.3 Å². The van der Waals surface area contributed by atoms with E-state index in [1.165, 1.54) is 45.2 Å². The number of amides is 1. The summed E-state index contributed by atoms with van der Waals surface area (Å²) in [5.41, 5.74) is 1.93. The minimum absolute atomic E-state index is 0.0374. The van der Waals surface area contributed by atoms with Gasteiger partial charge in [-0.3, -0.25) is 14.5 Å². The molecule has 1 amide bonds. The van der Waals surface area contributed by atoms with Gasteiger partial charge in [0.05, 0.1) is 5.52 Å². The zero-order chi connectivity index (χ0) is 23.5. The molecule has 0 atom stereocenters. The predicted octanol–water partition coefficient (Wildman–Crippen LogP) is 2.73. The molecule has 5 rings (SSSR count). The van der Waals surface area contributed by atoms with Crippen molar-refractivity contribution >= 4 is 16.8 Å². The average Bonchev–Trinajstić information content (AvgIpc) is 3.69. The monoisotopic (exact) mass is 466 g/mol. The van der Waals surface area contributed by atoms with Gasteiger partial charge in [-0.1, -0.05) is 6.42 Å². The Kier molecular flexibility index (Phi) is 7.21. The summed E-state index contributed by atoms with van der Waals surface area (Å²) in [5, 5.41) is 1.07. The Morgan fingerprint density at radius 3 is 2.35 bits per heavy atom. The van der Waals surface area contributed by atoms with E-state index in [1.54, 1.807) is 6.07 Å². The SMILES string of the molecule is Cc1cc(=O)n(CC2CC2)c2cc(OCC(=O)N3CCN(CCN4CCCCC4)CC3)ccc12. The Morgan fingerprint density at radius 1 is 0.941 bits per heavy atom. The molecule has 1 aromatic heterocycles. The topological polar surface area (TPSA) is 58.0 Å². The molecule has 3 heterocycles. The minimum Gasteiger partial charge on any atom is -0.484 e. The lowest BCUT2D eigenvalue weighted by Gasteiger charge is -2.36. The molecule has 0 spiro atoms. The molecule has 34 heavy (non-hydrogen) atoms. The number of ether oxygens (including phenoxy) is 1. The van der Waals surface area contributed by atoms with Gasteiger partial charge < -0.3 is 19.1 Å². The van der Waals surface area contributed by atoms with E-state index >= 15 is 0 Å². The molecular formula is C27H38N4O3. The molecule has 0 N–H and O–H groups in total. The molecule has 0 radical (unpaired) electrons. The molecule has 0 bridgehead atoms. The molecular weight excluding hydrogens is 428 g/mol. The van der Waals surface area contributed by atoms with E-state index in [0.29, 0.717) is 11.7 Å². The van der Waals surface area contributed by atoms with Crippen LogP contribution in [-0.4, -0.2) is 84.1 Å². The second-order valence-corrected chi connectivity index (χ2v) is 10.3.